The molecule has 0 aliphatic rings. The largest absolute Gasteiger partial charge is 0.495 e. The molecule has 0 saturated carbocycles. The Morgan fingerprint density at radius 3 is 2.85 bits per heavy atom. The van der Waals surface area contributed by atoms with Crippen molar-refractivity contribution in [2.75, 3.05) is 13.7 Å². The predicted molar refractivity (Wildman–Crippen MR) is 72.0 cm³/mol. The quantitative estimate of drug-likeness (QED) is 0.863. The fraction of sp³-hybridized carbons (Fsp3) is 0.250. The summed E-state index contributed by atoms with van der Waals surface area (Å²) in [6.45, 7) is 1.90. The van der Waals surface area contributed by atoms with Crippen molar-refractivity contribution >= 4 is 21.9 Å². The minimum Gasteiger partial charge on any atom is -0.495 e. The number of hydrogen-bond donors (Lipinski definition) is 1. The number of halogens is 2. The van der Waals surface area contributed by atoms with Gasteiger partial charge in [0.15, 0.2) is 5.69 Å². The maximum Gasteiger partial charge on any atom is 0.361 e. The molecule has 20 heavy (non-hydrogen) atoms. The monoisotopic (exact) mass is 343 g/mol. The van der Waals surface area contributed by atoms with E-state index in [1.165, 1.54) is 19.2 Å². The van der Waals surface area contributed by atoms with Crippen LogP contribution >= 0.6 is 15.9 Å². The highest BCUT2D eigenvalue weighted by Gasteiger charge is 2.23. The second kappa shape index (κ2) is 6.00. The number of ether oxygens (including phenoxy) is 2. The number of H-pyrrole nitrogens is 1. The van der Waals surface area contributed by atoms with E-state index in [1.54, 1.807) is 6.92 Å². The highest BCUT2D eigenvalue weighted by molar-refractivity contribution is 9.10. The van der Waals surface area contributed by atoms with Crippen molar-refractivity contribution in [3.63, 3.8) is 0 Å². The van der Waals surface area contributed by atoms with Crippen LogP contribution in [0, 0.1) is 5.82 Å². The van der Waals surface area contributed by atoms with Gasteiger partial charge in [0.1, 0.15) is 17.3 Å². The molecule has 0 radical (unpaired) electrons. The molecule has 1 heterocycles. The van der Waals surface area contributed by atoms with Gasteiger partial charge < -0.3 is 9.47 Å². The van der Waals surface area contributed by atoms with E-state index in [-0.39, 0.29) is 28.2 Å². The fourth-order valence-electron chi connectivity index (χ4n) is 1.68. The molecule has 0 saturated heterocycles. The van der Waals surface area contributed by atoms with Gasteiger partial charge in [-0.25, -0.2) is 9.18 Å². The van der Waals surface area contributed by atoms with Crippen molar-refractivity contribution in [1.29, 1.82) is 0 Å². The Labute approximate surface area is 122 Å². The molecule has 1 aromatic heterocycles. The Kier molecular flexibility index (Phi) is 4.33. The molecular formula is C12H11BrFN3O3. The van der Waals surface area contributed by atoms with E-state index in [4.69, 9.17) is 9.47 Å². The SMILES string of the molecule is CCOC(=O)c1n[nH]nc1-c1ccc(F)c(Br)c1OC. The summed E-state index contributed by atoms with van der Waals surface area (Å²) in [7, 11) is 1.40. The minimum absolute atomic E-state index is 0.0173. The Hall–Kier alpha value is -1.96. The summed E-state index contributed by atoms with van der Waals surface area (Å²) >= 11 is 3.09. The maximum atomic E-state index is 13.5. The first kappa shape index (κ1) is 14.4. The van der Waals surface area contributed by atoms with E-state index in [0.29, 0.717) is 5.56 Å². The van der Waals surface area contributed by atoms with Gasteiger partial charge in [0.25, 0.3) is 0 Å². The molecule has 0 aliphatic carbocycles. The standard InChI is InChI=1S/C12H11BrFN3O3/c1-3-20-12(18)10-9(15-17-16-10)6-4-5-7(14)8(13)11(6)19-2/h4-5H,3H2,1-2H3,(H,15,16,17). The zero-order chi connectivity index (χ0) is 14.7. The van der Waals surface area contributed by atoms with Gasteiger partial charge in [-0.1, -0.05) is 0 Å². The van der Waals surface area contributed by atoms with Crippen LogP contribution in [0.5, 0.6) is 5.75 Å². The van der Waals surface area contributed by atoms with Crippen LogP contribution in [0.15, 0.2) is 16.6 Å². The summed E-state index contributed by atoms with van der Waals surface area (Å²) in [6.07, 6.45) is 0. The van der Waals surface area contributed by atoms with Gasteiger partial charge in [0, 0.05) is 5.56 Å². The van der Waals surface area contributed by atoms with Crippen LogP contribution in [0.25, 0.3) is 11.3 Å². The number of rotatable bonds is 4. The van der Waals surface area contributed by atoms with Gasteiger partial charge in [-0.15, -0.1) is 5.10 Å². The van der Waals surface area contributed by atoms with Crippen LogP contribution in [0.2, 0.25) is 0 Å². The lowest BCUT2D eigenvalue weighted by molar-refractivity contribution is 0.0520. The molecule has 0 atom stereocenters. The summed E-state index contributed by atoms with van der Waals surface area (Å²) in [5.74, 6) is -0.866. The van der Waals surface area contributed by atoms with Gasteiger partial charge in [-0.3, -0.25) is 0 Å². The molecule has 0 aliphatic heterocycles. The van der Waals surface area contributed by atoms with Crippen molar-refractivity contribution in [3.8, 4) is 17.0 Å². The number of nitrogens with one attached hydrogen (secondary N) is 1. The Balaban J connectivity index is 2.56. The third kappa shape index (κ3) is 2.51. The van der Waals surface area contributed by atoms with Crippen LogP contribution in [-0.4, -0.2) is 35.1 Å². The second-order valence-corrected chi connectivity index (χ2v) is 4.48. The average molecular weight is 344 g/mol. The highest BCUT2D eigenvalue weighted by atomic mass is 79.9. The number of carbonyl (C=O) groups excluding carboxylic acids is 1. The zero-order valence-corrected chi connectivity index (χ0v) is 12.3. The molecule has 0 bridgehead atoms. The number of benzene rings is 1. The van der Waals surface area contributed by atoms with Crippen molar-refractivity contribution in [1.82, 2.24) is 15.4 Å². The highest BCUT2D eigenvalue weighted by Crippen LogP contribution is 2.38. The number of esters is 1. The lowest BCUT2D eigenvalue weighted by atomic mass is 10.1. The van der Waals surface area contributed by atoms with E-state index in [1.807, 2.05) is 0 Å². The van der Waals surface area contributed by atoms with E-state index in [9.17, 15) is 9.18 Å². The van der Waals surface area contributed by atoms with Crippen LogP contribution in [0.1, 0.15) is 17.4 Å². The number of aromatic nitrogens is 3. The number of carbonyl (C=O) groups is 1. The first-order chi connectivity index (χ1) is 9.60. The van der Waals surface area contributed by atoms with Crippen LogP contribution < -0.4 is 4.74 Å². The first-order valence-electron chi connectivity index (χ1n) is 5.70. The summed E-state index contributed by atoms with van der Waals surface area (Å²) in [4.78, 5) is 11.8. The van der Waals surface area contributed by atoms with E-state index < -0.39 is 11.8 Å². The molecule has 1 aromatic carbocycles. The van der Waals surface area contributed by atoms with Crippen molar-refractivity contribution < 1.29 is 18.7 Å². The summed E-state index contributed by atoms with van der Waals surface area (Å²) < 4.78 is 23.7. The van der Waals surface area contributed by atoms with Crippen LogP contribution in [-0.2, 0) is 4.74 Å². The summed E-state index contributed by atoms with van der Waals surface area (Å²) in [5, 5.41) is 10.0. The summed E-state index contributed by atoms with van der Waals surface area (Å²) in [6, 6.07) is 2.70. The lowest BCUT2D eigenvalue weighted by Crippen LogP contribution is -2.07. The molecule has 2 rings (SSSR count). The number of aromatic amines is 1. The Morgan fingerprint density at radius 2 is 2.20 bits per heavy atom. The number of methoxy groups -OCH3 is 1. The van der Waals surface area contributed by atoms with Gasteiger partial charge in [-0.05, 0) is 35.0 Å². The minimum atomic E-state index is -0.612. The Morgan fingerprint density at radius 1 is 1.45 bits per heavy atom. The predicted octanol–water partition coefficient (Wildman–Crippen LogP) is 2.56. The fourth-order valence-corrected chi connectivity index (χ4v) is 2.19. The second-order valence-electron chi connectivity index (χ2n) is 3.68. The van der Waals surface area contributed by atoms with Crippen LogP contribution in [0.4, 0.5) is 4.39 Å². The molecule has 0 amide bonds. The van der Waals surface area contributed by atoms with Gasteiger partial charge in [0.2, 0.25) is 0 Å². The summed E-state index contributed by atoms with van der Waals surface area (Å²) in [5.41, 5.74) is 0.683. The van der Waals surface area contributed by atoms with Gasteiger partial charge >= 0.3 is 5.97 Å². The van der Waals surface area contributed by atoms with Crippen molar-refractivity contribution in [2.24, 2.45) is 0 Å². The van der Waals surface area contributed by atoms with Crippen molar-refractivity contribution in [2.45, 2.75) is 6.92 Å². The molecule has 2 aromatic rings. The molecule has 8 heteroatoms. The van der Waals surface area contributed by atoms with E-state index in [2.05, 4.69) is 31.3 Å². The molecule has 106 valence electrons. The number of hydrogen-bond acceptors (Lipinski definition) is 5. The normalized spacial score (nSPS) is 10.4. The van der Waals surface area contributed by atoms with Gasteiger partial charge in [-0.2, -0.15) is 10.3 Å². The van der Waals surface area contributed by atoms with Gasteiger partial charge in [0.05, 0.1) is 18.2 Å². The average Bonchev–Trinajstić information content (AvgIpc) is 2.91. The lowest BCUT2D eigenvalue weighted by Gasteiger charge is -2.09. The van der Waals surface area contributed by atoms with E-state index >= 15 is 0 Å². The molecule has 0 fully saturated rings. The molecule has 0 unspecified atom stereocenters. The number of nitrogens with zero attached hydrogens (tertiary/aromatic N) is 2. The van der Waals surface area contributed by atoms with Crippen LogP contribution in [0.3, 0.4) is 0 Å². The topological polar surface area (TPSA) is 77.1 Å². The molecule has 1 N–H and O–H groups in total. The van der Waals surface area contributed by atoms with E-state index in [0.717, 1.165) is 0 Å². The maximum absolute atomic E-state index is 13.5. The third-order valence-electron chi connectivity index (χ3n) is 2.53. The molecule has 0 spiro atoms. The first-order valence-corrected chi connectivity index (χ1v) is 6.49. The smallest absolute Gasteiger partial charge is 0.361 e. The Bertz CT molecular complexity index is 645. The molecule has 6 nitrogen and oxygen atoms in total. The zero-order valence-electron chi connectivity index (χ0n) is 10.7. The van der Waals surface area contributed by atoms with Crippen molar-refractivity contribution in [3.05, 3.63) is 28.1 Å². The molecular weight excluding hydrogens is 333 g/mol. The third-order valence-corrected chi connectivity index (χ3v) is 3.26.